The largest absolute Gasteiger partial charge is 0.393 e. The molecular weight excluding hydrogens is 228 g/mol. The first kappa shape index (κ1) is 10.6. The molecule has 2 heterocycles. The van der Waals surface area contributed by atoms with Gasteiger partial charge in [-0.2, -0.15) is 4.52 Å². The minimum atomic E-state index is -0.279. The number of benzene rings is 1. The molecule has 1 aromatic carbocycles. The molecule has 5 nitrogen and oxygen atoms in total. The molecule has 0 unspecified atom stereocenters. The number of aryl methyl sites for hydroxylation is 1. The molecule has 0 saturated heterocycles. The SMILES string of the molecule is Cc1ccc(-c2cc3ncc(N)c(=O)n3[nH]2)cc1. The van der Waals surface area contributed by atoms with Crippen LogP contribution in [-0.2, 0) is 0 Å². The van der Waals surface area contributed by atoms with Gasteiger partial charge >= 0.3 is 0 Å². The van der Waals surface area contributed by atoms with Gasteiger partial charge in [-0.3, -0.25) is 9.89 Å². The number of nitrogens with one attached hydrogen (secondary N) is 1. The number of fused-ring (bicyclic) bond motifs is 1. The lowest BCUT2D eigenvalue weighted by atomic mass is 10.1. The average Bonchev–Trinajstić information content (AvgIpc) is 2.80. The van der Waals surface area contributed by atoms with Crippen LogP contribution in [0.3, 0.4) is 0 Å². The van der Waals surface area contributed by atoms with Gasteiger partial charge in [0.1, 0.15) is 5.69 Å². The molecule has 0 aliphatic heterocycles. The van der Waals surface area contributed by atoms with Gasteiger partial charge in [-0.05, 0) is 12.5 Å². The molecule has 2 aromatic heterocycles. The van der Waals surface area contributed by atoms with E-state index in [2.05, 4.69) is 10.1 Å². The predicted octanol–water partition coefficient (Wildman–Crippen LogP) is 1.58. The summed E-state index contributed by atoms with van der Waals surface area (Å²) in [5, 5.41) is 3.00. The summed E-state index contributed by atoms with van der Waals surface area (Å²) in [6, 6.07) is 9.85. The first-order chi connectivity index (χ1) is 8.65. The van der Waals surface area contributed by atoms with Crippen molar-refractivity contribution in [3.8, 4) is 11.3 Å². The first-order valence-electron chi connectivity index (χ1n) is 5.58. The van der Waals surface area contributed by atoms with Crippen molar-refractivity contribution in [1.82, 2.24) is 14.6 Å². The second kappa shape index (κ2) is 3.73. The number of nitrogens with zero attached hydrogens (tertiary/aromatic N) is 2. The fraction of sp³-hybridized carbons (Fsp3) is 0.0769. The Labute approximate surface area is 103 Å². The highest BCUT2D eigenvalue weighted by molar-refractivity contribution is 5.64. The van der Waals surface area contributed by atoms with Gasteiger partial charge in [-0.1, -0.05) is 29.8 Å². The standard InChI is InChI=1S/C13H12N4O/c1-8-2-4-9(5-3-8)11-6-12-15-7-10(14)13(18)17(12)16-11/h2-7,16H,14H2,1H3. The summed E-state index contributed by atoms with van der Waals surface area (Å²) in [6.07, 6.45) is 1.38. The molecule has 0 spiro atoms. The number of aromatic amines is 1. The highest BCUT2D eigenvalue weighted by Crippen LogP contribution is 2.18. The van der Waals surface area contributed by atoms with Crippen molar-refractivity contribution in [2.24, 2.45) is 0 Å². The van der Waals surface area contributed by atoms with E-state index in [0.717, 1.165) is 11.3 Å². The summed E-state index contributed by atoms with van der Waals surface area (Å²) in [5.41, 5.74) is 8.98. The van der Waals surface area contributed by atoms with Crippen molar-refractivity contribution in [3.63, 3.8) is 0 Å². The van der Waals surface area contributed by atoms with Gasteiger partial charge in [0.15, 0.2) is 5.65 Å². The molecule has 0 bridgehead atoms. The fourth-order valence-electron chi connectivity index (χ4n) is 1.85. The van der Waals surface area contributed by atoms with Crippen LogP contribution >= 0.6 is 0 Å². The van der Waals surface area contributed by atoms with Crippen LogP contribution in [0.15, 0.2) is 41.3 Å². The zero-order chi connectivity index (χ0) is 12.7. The normalized spacial score (nSPS) is 10.9. The lowest BCUT2D eigenvalue weighted by molar-refractivity contribution is 0.907. The van der Waals surface area contributed by atoms with Crippen LogP contribution in [0.2, 0.25) is 0 Å². The van der Waals surface area contributed by atoms with Gasteiger partial charge in [0.2, 0.25) is 0 Å². The minimum absolute atomic E-state index is 0.129. The van der Waals surface area contributed by atoms with Crippen molar-refractivity contribution >= 4 is 11.3 Å². The van der Waals surface area contributed by atoms with Crippen LogP contribution < -0.4 is 11.3 Å². The van der Waals surface area contributed by atoms with Crippen LogP contribution in [0.4, 0.5) is 5.69 Å². The molecule has 0 amide bonds. The molecule has 5 heteroatoms. The summed E-state index contributed by atoms with van der Waals surface area (Å²) in [5.74, 6) is 0. The van der Waals surface area contributed by atoms with E-state index in [0.29, 0.717) is 5.65 Å². The molecule has 3 aromatic rings. The fourth-order valence-corrected chi connectivity index (χ4v) is 1.85. The van der Waals surface area contributed by atoms with Crippen molar-refractivity contribution < 1.29 is 0 Å². The maximum atomic E-state index is 11.8. The summed E-state index contributed by atoms with van der Waals surface area (Å²) in [6.45, 7) is 2.03. The van der Waals surface area contributed by atoms with Gasteiger partial charge in [-0.15, -0.1) is 0 Å². The molecule has 0 atom stereocenters. The Bertz CT molecular complexity index is 768. The molecular formula is C13H12N4O. The van der Waals surface area contributed by atoms with E-state index in [1.807, 2.05) is 37.3 Å². The minimum Gasteiger partial charge on any atom is -0.393 e. The predicted molar refractivity (Wildman–Crippen MR) is 70.4 cm³/mol. The Morgan fingerprint density at radius 2 is 2.00 bits per heavy atom. The lowest BCUT2D eigenvalue weighted by Gasteiger charge is -1.97. The average molecular weight is 240 g/mol. The molecule has 3 N–H and O–H groups in total. The third kappa shape index (κ3) is 1.57. The third-order valence-corrected chi connectivity index (χ3v) is 2.88. The number of aromatic nitrogens is 3. The number of anilines is 1. The Morgan fingerprint density at radius 3 is 2.72 bits per heavy atom. The molecule has 3 rings (SSSR count). The van der Waals surface area contributed by atoms with Gasteiger partial charge in [0.05, 0.1) is 11.9 Å². The van der Waals surface area contributed by atoms with E-state index in [1.165, 1.54) is 16.3 Å². The monoisotopic (exact) mass is 240 g/mol. The van der Waals surface area contributed by atoms with Gasteiger partial charge in [0, 0.05) is 6.07 Å². The molecule has 0 saturated carbocycles. The van der Waals surface area contributed by atoms with E-state index in [1.54, 1.807) is 0 Å². The van der Waals surface area contributed by atoms with Gasteiger partial charge < -0.3 is 5.73 Å². The quantitative estimate of drug-likeness (QED) is 0.678. The number of rotatable bonds is 1. The summed E-state index contributed by atoms with van der Waals surface area (Å²) in [4.78, 5) is 15.9. The molecule has 18 heavy (non-hydrogen) atoms. The van der Waals surface area contributed by atoms with Crippen LogP contribution in [0.5, 0.6) is 0 Å². The Hall–Kier alpha value is -2.56. The molecule has 0 aliphatic carbocycles. The number of nitrogen functional groups attached to an aromatic ring is 1. The topological polar surface area (TPSA) is 76.2 Å². The van der Waals surface area contributed by atoms with Crippen molar-refractivity contribution in [2.45, 2.75) is 6.92 Å². The number of hydrogen-bond donors (Lipinski definition) is 2. The maximum absolute atomic E-state index is 11.8. The van der Waals surface area contributed by atoms with E-state index in [4.69, 9.17) is 5.73 Å². The van der Waals surface area contributed by atoms with Crippen LogP contribution in [0.1, 0.15) is 5.56 Å². The number of H-pyrrole nitrogens is 1. The lowest BCUT2D eigenvalue weighted by Crippen LogP contribution is -2.18. The van der Waals surface area contributed by atoms with Crippen LogP contribution in [0, 0.1) is 6.92 Å². The van der Waals surface area contributed by atoms with Crippen LogP contribution in [-0.4, -0.2) is 14.6 Å². The third-order valence-electron chi connectivity index (χ3n) is 2.88. The maximum Gasteiger partial charge on any atom is 0.295 e. The summed E-state index contributed by atoms with van der Waals surface area (Å²) < 4.78 is 1.35. The van der Waals surface area contributed by atoms with Gasteiger partial charge in [0.25, 0.3) is 5.56 Å². The van der Waals surface area contributed by atoms with E-state index in [9.17, 15) is 4.79 Å². The zero-order valence-electron chi connectivity index (χ0n) is 9.84. The van der Waals surface area contributed by atoms with E-state index in [-0.39, 0.29) is 11.2 Å². The van der Waals surface area contributed by atoms with Crippen LogP contribution in [0.25, 0.3) is 16.9 Å². The first-order valence-corrected chi connectivity index (χ1v) is 5.58. The zero-order valence-corrected chi connectivity index (χ0v) is 9.84. The van der Waals surface area contributed by atoms with Crippen molar-refractivity contribution in [1.29, 1.82) is 0 Å². The second-order valence-corrected chi connectivity index (χ2v) is 4.25. The molecule has 0 radical (unpaired) electrons. The second-order valence-electron chi connectivity index (χ2n) is 4.25. The molecule has 0 fully saturated rings. The van der Waals surface area contributed by atoms with Gasteiger partial charge in [-0.25, -0.2) is 4.98 Å². The van der Waals surface area contributed by atoms with E-state index < -0.39 is 0 Å². The summed E-state index contributed by atoms with van der Waals surface area (Å²) >= 11 is 0. The van der Waals surface area contributed by atoms with E-state index >= 15 is 0 Å². The molecule has 0 aliphatic rings. The number of nitrogens with two attached hydrogens (primary N) is 1. The number of hydrogen-bond acceptors (Lipinski definition) is 3. The van der Waals surface area contributed by atoms with Crippen molar-refractivity contribution in [2.75, 3.05) is 5.73 Å². The Balaban J connectivity index is 2.22. The highest BCUT2D eigenvalue weighted by atomic mass is 16.1. The Kier molecular flexibility index (Phi) is 2.19. The highest BCUT2D eigenvalue weighted by Gasteiger charge is 2.07. The molecule has 90 valence electrons. The summed E-state index contributed by atoms with van der Waals surface area (Å²) in [7, 11) is 0. The van der Waals surface area contributed by atoms with Crippen molar-refractivity contribution in [3.05, 3.63) is 52.4 Å². The Morgan fingerprint density at radius 1 is 1.28 bits per heavy atom. The smallest absolute Gasteiger partial charge is 0.295 e.